The van der Waals surface area contributed by atoms with E-state index in [1.165, 1.54) is 0 Å². The minimum Gasteiger partial charge on any atom is -0.402 e. The Morgan fingerprint density at radius 2 is 2.14 bits per heavy atom. The van der Waals surface area contributed by atoms with Crippen LogP contribution in [0.2, 0.25) is 0 Å². The molecule has 3 nitrogen and oxygen atoms in total. The molecule has 1 aliphatic carbocycles. The normalized spacial score (nSPS) is 34.2. The summed E-state index contributed by atoms with van der Waals surface area (Å²) in [6.07, 6.45) is 7.23. The van der Waals surface area contributed by atoms with Gasteiger partial charge in [0.1, 0.15) is 0 Å². The highest BCUT2D eigenvalue weighted by molar-refractivity contribution is 5.25. The summed E-state index contributed by atoms with van der Waals surface area (Å²) < 4.78 is 5.35. The zero-order valence-electron chi connectivity index (χ0n) is 8.70. The molecule has 1 saturated heterocycles. The number of hydrogen-bond donors (Lipinski definition) is 1. The number of allylic oxidation sites excluding steroid dienone is 2. The van der Waals surface area contributed by atoms with Gasteiger partial charge in [-0.2, -0.15) is 0 Å². The molecule has 1 unspecified atom stereocenters. The van der Waals surface area contributed by atoms with Gasteiger partial charge >= 0.3 is 0 Å². The summed E-state index contributed by atoms with van der Waals surface area (Å²) in [6, 6.07) is 0. The number of hydrogen-bond acceptors (Lipinski definition) is 3. The molecule has 1 atom stereocenters. The summed E-state index contributed by atoms with van der Waals surface area (Å²) in [5, 5.41) is 0. The fourth-order valence-electron chi connectivity index (χ4n) is 2.20. The predicted molar refractivity (Wildman–Crippen MR) is 56.8 cm³/mol. The fourth-order valence-corrected chi connectivity index (χ4v) is 2.20. The van der Waals surface area contributed by atoms with Crippen LogP contribution in [0.3, 0.4) is 0 Å². The van der Waals surface area contributed by atoms with Crippen molar-refractivity contribution >= 4 is 0 Å². The lowest BCUT2D eigenvalue weighted by Crippen LogP contribution is -2.51. The van der Waals surface area contributed by atoms with Gasteiger partial charge in [-0.15, -0.1) is 0 Å². The Morgan fingerprint density at radius 1 is 1.43 bits per heavy atom. The van der Waals surface area contributed by atoms with Gasteiger partial charge in [0.05, 0.1) is 13.2 Å². The third-order valence-corrected chi connectivity index (χ3v) is 3.06. The van der Waals surface area contributed by atoms with E-state index in [0.717, 1.165) is 38.4 Å². The molecule has 1 heterocycles. The maximum absolute atomic E-state index is 5.87. The van der Waals surface area contributed by atoms with Crippen LogP contribution in [0, 0.1) is 0 Å². The quantitative estimate of drug-likeness (QED) is 0.673. The van der Waals surface area contributed by atoms with E-state index in [4.69, 9.17) is 10.5 Å². The first-order valence-corrected chi connectivity index (χ1v) is 5.17. The van der Waals surface area contributed by atoms with Crippen LogP contribution in [0.4, 0.5) is 0 Å². The Bertz CT molecular complexity index is 266. The van der Waals surface area contributed by atoms with E-state index in [2.05, 4.69) is 24.0 Å². The Morgan fingerprint density at radius 3 is 2.79 bits per heavy atom. The number of rotatable bonds is 1. The summed E-state index contributed by atoms with van der Waals surface area (Å²) in [7, 11) is 0. The van der Waals surface area contributed by atoms with E-state index in [0.29, 0.717) is 0 Å². The van der Waals surface area contributed by atoms with E-state index >= 15 is 0 Å². The van der Waals surface area contributed by atoms with Gasteiger partial charge in [-0.1, -0.05) is 12.2 Å². The van der Waals surface area contributed by atoms with Crippen molar-refractivity contribution in [2.75, 3.05) is 26.3 Å². The molecule has 3 heteroatoms. The van der Waals surface area contributed by atoms with E-state index in [9.17, 15) is 0 Å². The van der Waals surface area contributed by atoms with Crippen molar-refractivity contribution in [2.45, 2.75) is 18.9 Å². The molecule has 14 heavy (non-hydrogen) atoms. The largest absolute Gasteiger partial charge is 0.402 e. The summed E-state index contributed by atoms with van der Waals surface area (Å²) in [6.45, 7) is 5.94. The first-order chi connectivity index (χ1) is 6.71. The molecular weight excluding hydrogens is 176 g/mol. The topological polar surface area (TPSA) is 38.5 Å². The monoisotopic (exact) mass is 194 g/mol. The van der Waals surface area contributed by atoms with Gasteiger partial charge in [0.2, 0.25) is 0 Å². The molecule has 0 saturated carbocycles. The van der Waals surface area contributed by atoms with E-state index in [1.807, 2.05) is 6.08 Å². The molecule has 0 radical (unpaired) electrons. The van der Waals surface area contributed by atoms with Gasteiger partial charge in [0.15, 0.2) is 0 Å². The summed E-state index contributed by atoms with van der Waals surface area (Å²) in [5.41, 5.74) is 6.94. The molecule has 0 aromatic carbocycles. The van der Waals surface area contributed by atoms with E-state index < -0.39 is 0 Å². The number of nitrogens with two attached hydrogens (primary N) is 1. The Labute approximate surface area is 85.2 Å². The van der Waals surface area contributed by atoms with Gasteiger partial charge < -0.3 is 10.5 Å². The van der Waals surface area contributed by atoms with Gasteiger partial charge in [-0.3, -0.25) is 4.90 Å². The molecule has 2 aliphatic rings. The molecule has 0 aromatic rings. The standard InChI is InChI=1S/C11H18N2O/c1-11(4-2-3-10(12)9-11)13-5-7-14-8-6-13/h2-4H,5-9,12H2,1H3. The fraction of sp³-hybridized carbons (Fsp3) is 0.636. The van der Waals surface area contributed by atoms with Crippen molar-refractivity contribution < 1.29 is 4.74 Å². The lowest BCUT2D eigenvalue weighted by atomic mass is 9.89. The molecular formula is C11H18N2O. The van der Waals surface area contributed by atoms with Crippen LogP contribution in [0.15, 0.2) is 23.9 Å². The van der Waals surface area contributed by atoms with Crippen molar-refractivity contribution in [3.8, 4) is 0 Å². The lowest BCUT2D eigenvalue weighted by Gasteiger charge is -2.42. The lowest BCUT2D eigenvalue weighted by molar-refractivity contribution is -0.000831. The Kier molecular flexibility index (Phi) is 2.61. The second kappa shape index (κ2) is 3.75. The third kappa shape index (κ3) is 1.83. The number of ether oxygens (including phenoxy) is 1. The van der Waals surface area contributed by atoms with Gasteiger partial charge in [-0.05, 0) is 13.0 Å². The molecule has 2 rings (SSSR count). The maximum atomic E-state index is 5.87. The Balaban J connectivity index is 2.08. The molecule has 1 aliphatic heterocycles. The van der Waals surface area contributed by atoms with Gasteiger partial charge in [0.25, 0.3) is 0 Å². The van der Waals surface area contributed by atoms with Crippen LogP contribution in [-0.2, 0) is 4.74 Å². The minimum atomic E-state index is 0.0998. The van der Waals surface area contributed by atoms with Crippen molar-refractivity contribution in [1.82, 2.24) is 4.90 Å². The van der Waals surface area contributed by atoms with Crippen molar-refractivity contribution in [3.63, 3.8) is 0 Å². The van der Waals surface area contributed by atoms with Crippen LogP contribution in [0.5, 0.6) is 0 Å². The predicted octanol–water partition coefficient (Wildman–Crippen LogP) is 0.880. The van der Waals surface area contributed by atoms with E-state index in [-0.39, 0.29) is 5.54 Å². The van der Waals surface area contributed by atoms with Crippen molar-refractivity contribution in [2.24, 2.45) is 5.73 Å². The highest BCUT2D eigenvalue weighted by Gasteiger charge is 2.31. The van der Waals surface area contributed by atoms with Crippen LogP contribution in [-0.4, -0.2) is 36.7 Å². The SMILES string of the molecule is CC1(N2CCOCC2)C=CC=C(N)C1. The zero-order valence-corrected chi connectivity index (χ0v) is 8.70. The molecule has 1 fully saturated rings. The first-order valence-electron chi connectivity index (χ1n) is 5.17. The second-order valence-electron chi connectivity index (χ2n) is 4.23. The van der Waals surface area contributed by atoms with Gasteiger partial charge in [0, 0.05) is 30.7 Å². The third-order valence-electron chi connectivity index (χ3n) is 3.06. The number of nitrogens with zero attached hydrogens (tertiary/aromatic N) is 1. The number of morpholine rings is 1. The average Bonchev–Trinajstić information content (AvgIpc) is 2.19. The summed E-state index contributed by atoms with van der Waals surface area (Å²) >= 11 is 0. The van der Waals surface area contributed by atoms with Crippen LogP contribution >= 0.6 is 0 Å². The second-order valence-corrected chi connectivity index (χ2v) is 4.23. The Hall–Kier alpha value is -0.800. The van der Waals surface area contributed by atoms with E-state index in [1.54, 1.807) is 0 Å². The maximum Gasteiger partial charge on any atom is 0.0594 e. The molecule has 0 spiro atoms. The summed E-state index contributed by atoms with van der Waals surface area (Å²) in [5.74, 6) is 0. The average molecular weight is 194 g/mol. The zero-order chi connectivity index (χ0) is 10.0. The van der Waals surface area contributed by atoms with Crippen LogP contribution < -0.4 is 5.73 Å². The smallest absolute Gasteiger partial charge is 0.0594 e. The van der Waals surface area contributed by atoms with Crippen LogP contribution in [0.1, 0.15) is 13.3 Å². The molecule has 78 valence electrons. The minimum absolute atomic E-state index is 0.0998. The molecule has 0 amide bonds. The van der Waals surface area contributed by atoms with Crippen molar-refractivity contribution in [3.05, 3.63) is 23.9 Å². The first kappa shape index (κ1) is 9.74. The van der Waals surface area contributed by atoms with Gasteiger partial charge in [-0.25, -0.2) is 0 Å². The highest BCUT2D eigenvalue weighted by atomic mass is 16.5. The van der Waals surface area contributed by atoms with Crippen LogP contribution in [0.25, 0.3) is 0 Å². The van der Waals surface area contributed by atoms with Crippen molar-refractivity contribution in [1.29, 1.82) is 0 Å². The molecule has 2 N–H and O–H groups in total. The summed E-state index contributed by atoms with van der Waals surface area (Å²) in [4.78, 5) is 2.45. The molecule has 0 bridgehead atoms. The highest BCUT2D eigenvalue weighted by Crippen LogP contribution is 2.27. The molecule has 0 aromatic heterocycles.